The molecule has 0 atom stereocenters. The van der Waals surface area contributed by atoms with E-state index in [9.17, 15) is 8.42 Å². The normalized spacial score (nSPS) is 12.4. The third-order valence-corrected chi connectivity index (χ3v) is 5.12. The lowest BCUT2D eigenvalue weighted by Crippen LogP contribution is -1.96. The van der Waals surface area contributed by atoms with E-state index < -0.39 is 9.84 Å². The first-order valence-corrected chi connectivity index (χ1v) is 8.07. The van der Waals surface area contributed by atoms with E-state index in [1.165, 1.54) is 5.41 Å². The predicted molar refractivity (Wildman–Crippen MR) is 81.7 cm³/mol. The smallest absolute Gasteiger partial charge is 0.200 e. The molecule has 0 spiro atoms. The van der Waals surface area contributed by atoms with E-state index >= 15 is 0 Å². The summed E-state index contributed by atoms with van der Waals surface area (Å²) >= 11 is 3.32. The lowest BCUT2D eigenvalue weighted by molar-refractivity contribution is 0.605. The monoisotopic (exact) mass is 336 g/mol. The van der Waals surface area contributed by atoms with Gasteiger partial charge in [0.2, 0.25) is 9.84 Å². The summed E-state index contributed by atoms with van der Waals surface area (Å²) in [5.74, 6) is 0. The van der Waals surface area contributed by atoms with Crippen molar-refractivity contribution in [1.82, 2.24) is 0 Å². The van der Waals surface area contributed by atoms with Crippen molar-refractivity contribution in [3.63, 3.8) is 0 Å². The molecule has 2 rings (SSSR count). The van der Waals surface area contributed by atoms with Gasteiger partial charge in [-0.25, -0.2) is 8.42 Å². The molecule has 98 valence electrons. The molecule has 0 bridgehead atoms. The van der Waals surface area contributed by atoms with Gasteiger partial charge in [0.25, 0.3) is 0 Å². The van der Waals surface area contributed by atoms with Crippen LogP contribution in [0.2, 0.25) is 0 Å². The fourth-order valence-electron chi connectivity index (χ4n) is 1.60. The van der Waals surface area contributed by atoms with Crippen LogP contribution in [0.3, 0.4) is 0 Å². The average Bonchev–Trinajstić information content (AvgIpc) is 2.40. The van der Waals surface area contributed by atoms with Crippen molar-refractivity contribution < 1.29 is 8.42 Å². The summed E-state index contributed by atoms with van der Waals surface area (Å²) in [7, 11) is -3.43. The van der Waals surface area contributed by atoms with Crippen molar-refractivity contribution in [3.8, 4) is 0 Å². The zero-order chi connectivity index (χ0) is 13.9. The summed E-state index contributed by atoms with van der Waals surface area (Å²) in [6, 6.07) is 16.1. The van der Waals surface area contributed by atoms with Crippen molar-refractivity contribution in [1.29, 1.82) is 0 Å². The van der Waals surface area contributed by atoms with Crippen LogP contribution in [-0.2, 0) is 9.84 Å². The van der Waals surface area contributed by atoms with Crippen LogP contribution in [0, 0.1) is 6.92 Å². The van der Waals surface area contributed by atoms with Crippen molar-refractivity contribution in [2.75, 3.05) is 0 Å². The SMILES string of the molecule is Cc1ccc(S(=O)(=O)/C=C(\Br)c2ccccc2)cc1. The van der Waals surface area contributed by atoms with Gasteiger partial charge in [0.15, 0.2) is 0 Å². The standard InChI is InChI=1S/C15H13BrO2S/c1-12-7-9-14(10-8-12)19(17,18)11-15(16)13-5-3-2-4-6-13/h2-11H,1H3/b15-11-. The number of benzene rings is 2. The van der Waals surface area contributed by atoms with Gasteiger partial charge >= 0.3 is 0 Å². The molecule has 0 radical (unpaired) electrons. The molecule has 2 aromatic rings. The molecule has 2 aromatic carbocycles. The van der Waals surface area contributed by atoms with Crippen molar-refractivity contribution in [3.05, 3.63) is 71.1 Å². The molecule has 0 heterocycles. The second kappa shape index (κ2) is 5.72. The van der Waals surface area contributed by atoms with E-state index in [2.05, 4.69) is 15.9 Å². The fraction of sp³-hybridized carbons (Fsp3) is 0.0667. The second-order valence-corrected chi connectivity index (χ2v) is 6.84. The Balaban J connectivity index is 2.39. The van der Waals surface area contributed by atoms with Crippen LogP contribution in [0.15, 0.2) is 64.9 Å². The highest BCUT2D eigenvalue weighted by Gasteiger charge is 2.12. The number of hydrogen-bond acceptors (Lipinski definition) is 2. The van der Waals surface area contributed by atoms with Crippen LogP contribution < -0.4 is 0 Å². The Kier molecular flexibility index (Phi) is 4.22. The molecule has 2 nitrogen and oxygen atoms in total. The first-order valence-electron chi connectivity index (χ1n) is 5.73. The van der Waals surface area contributed by atoms with E-state index in [4.69, 9.17) is 0 Å². The highest BCUT2D eigenvalue weighted by atomic mass is 79.9. The Morgan fingerprint density at radius 3 is 2.16 bits per heavy atom. The summed E-state index contributed by atoms with van der Waals surface area (Å²) in [5, 5.41) is 1.24. The summed E-state index contributed by atoms with van der Waals surface area (Å²) in [6.07, 6.45) is 0. The molecule has 0 aromatic heterocycles. The lowest BCUT2D eigenvalue weighted by atomic mass is 10.2. The van der Waals surface area contributed by atoms with Gasteiger partial charge < -0.3 is 0 Å². The first kappa shape index (κ1) is 14.0. The molecule has 0 saturated heterocycles. The van der Waals surface area contributed by atoms with Gasteiger partial charge in [-0.1, -0.05) is 48.0 Å². The Bertz CT molecular complexity index is 687. The van der Waals surface area contributed by atoms with E-state index in [-0.39, 0.29) is 0 Å². The molecular formula is C15H13BrO2S. The minimum atomic E-state index is -3.43. The molecule has 0 aliphatic heterocycles. The summed E-state index contributed by atoms with van der Waals surface area (Å²) in [4.78, 5) is 0.297. The molecular weight excluding hydrogens is 324 g/mol. The van der Waals surface area contributed by atoms with Crippen molar-refractivity contribution in [2.45, 2.75) is 11.8 Å². The molecule has 0 aliphatic rings. The molecule has 19 heavy (non-hydrogen) atoms. The van der Waals surface area contributed by atoms with Crippen LogP contribution in [-0.4, -0.2) is 8.42 Å². The minimum absolute atomic E-state index is 0.297. The van der Waals surface area contributed by atoms with Gasteiger partial charge in [0.05, 0.1) is 10.3 Å². The predicted octanol–water partition coefficient (Wildman–Crippen LogP) is 4.16. The quantitative estimate of drug-likeness (QED) is 0.843. The Labute approximate surface area is 121 Å². The molecule has 0 aliphatic carbocycles. The molecule has 0 amide bonds. The van der Waals surface area contributed by atoms with Gasteiger partial charge in [-0.15, -0.1) is 0 Å². The van der Waals surface area contributed by atoms with E-state index in [0.29, 0.717) is 9.38 Å². The number of rotatable bonds is 3. The van der Waals surface area contributed by atoms with Crippen LogP contribution in [0.4, 0.5) is 0 Å². The van der Waals surface area contributed by atoms with Crippen molar-refractivity contribution in [2.24, 2.45) is 0 Å². The number of aryl methyl sites for hydroxylation is 1. The Morgan fingerprint density at radius 1 is 1.00 bits per heavy atom. The average molecular weight is 337 g/mol. The third kappa shape index (κ3) is 3.55. The molecule has 0 saturated carbocycles. The first-order chi connectivity index (χ1) is 8.99. The molecule has 0 unspecified atom stereocenters. The van der Waals surface area contributed by atoms with E-state index in [0.717, 1.165) is 11.1 Å². The summed E-state index contributed by atoms with van der Waals surface area (Å²) in [6.45, 7) is 1.92. The lowest BCUT2D eigenvalue weighted by Gasteiger charge is -2.02. The largest absolute Gasteiger partial charge is 0.219 e. The van der Waals surface area contributed by atoms with E-state index in [1.807, 2.05) is 37.3 Å². The second-order valence-electron chi connectivity index (χ2n) is 4.19. The van der Waals surface area contributed by atoms with Crippen LogP contribution in [0.1, 0.15) is 11.1 Å². The van der Waals surface area contributed by atoms with Gasteiger partial charge in [-0.2, -0.15) is 0 Å². The maximum atomic E-state index is 12.2. The Morgan fingerprint density at radius 2 is 1.58 bits per heavy atom. The summed E-state index contributed by atoms with van der Waals surface area (Å²) in [5.41, 5.74) is 1.86. The van der Waals surface area contributed by atoms with Gasteiger partial charge in [-0.05, 0) is 40.5 Å². The highest BCUT2D eigenvalue weighted by molar-refractivity contribution is 9.15. The van der Waals surface area contributed by atoms with Gasteiger partial charge in [-0.3, -0.25) is 0 Å². The maximum Gasteiger partial charge on any atom is 0.200 e. The highest BCUT2D eigenvalue weighted by Crippen LogP contribution is 2.24. The van der Waals surface area contributed by atoms with Crippen LogP contribution >= 0.6 is 15.9 Å². The maximum absolute atomic E-state index is 12.2. The fourth-order valence-corrected chi connectivity index (χ4v) is 3.66. The van der Waals surface area contributed by atoms with E-state index in [1.54, 1.807) is 24.3 Å². The zero-order valence-corrected chi connectivity index (χ0v) is 12.8. The zero-order valence-electron chi connectivity index (χ0n) is 10.4. The number of hydrogen-bond donors (Lipinski definition) is 0. The van der Waals surface area contributed by atoms with Crippen LogP contribution in [0.5, 0.6) is 0 Å². The third-order valence-electron chi connectivity index (χ3n) is 2.66. The minimum Gasteiger partial charge on any atom is -0.219 e. The number of sulfone groups is 1. The van der Waals surface area contributed by atoms with Gasteiger partial charge in [0, 0.05) is 4.48 Å². The molecule has 0 N–H and O–H groups in total. The van der Waals surface area contributed by atoms with Crippen LogP contribution in [0.25, 0.3) is 4.48 Å². The molecule has 0 fully saturated rings. The topological polar surface area (TPSA) is 34.1 Å². The molecule has 4 heteroatoms. The van der Waals surface area contributed by atoms with Crippen molar-refractivity contribution >= 4 is 30.2 Å². The Hall–Kier alpha value is -1.39. The summed E-state index contributed by atoms with van der Waals surface area (Å²) < 4.78 is 25.0. The van der Waals surface area contributed by atoms with Gasteiger partial charge in [0.1, 0.15) is 0 Å². The number of halogens is 1.